The molecule has 0 aromatic heterocycles. The van der Waals surface area contributed by atoms with Gasteiger partial charge in [0, 0.05) is 21.7 Å². The van der Waals surface area contributed by atoms with Gasteiger partial charge in [0.25, 0.3) is 0 Å². The Hall–Kier alpha value is -3.05. The summed E-state index contributed by atoms with van der Waals surface area (Å²) >= 11 is 5.79. The summed E-state index contributed by atoms with van der Waals surface area (Å²) in [4.78, 5) is 16.6. The van der Waals surface area contributed by atoms with Gasteiger partial charge in [0.1, 0.15) is 5.75 Å². The zero-order valence-corrected chi connectivity index (χ0v) is 14.1. The number of phenols is 1. The van der Waals surface area contributed by atoms with Crippen LogP contribution in [0.2, 0.25) is 5.02 Å². The molecule has 0 saturated carbocycles. The maximum absolute atomic E-state index is 11.8. The van der Waals surface area contributed by atoms with Crippen molar-refractivity contribution >= 4 is 39.9 Å². The van der Waals surface area contributed by atoms with Crippen LogP contribution < -0.4 is 5.32 Å². The molecule has 0 atom stereocenters. The third-order valence-electron chi connectivity index (χ3n) is 3.65. The summed E-state index contributed by atoms with van der Waals surface area (Å²) in [6, 6.07) is 17.7. The van der Waals surface area contributed by atoms with Crippen molar-refractivity contribution in [2.24, 2.45) is 5.16 Å². The number of nitrogens with zero attached hydrogens (tertiary/aromatic N) is 1. The molecule has 6 heteroatoms. The van der Waals surface area contributed by atoms with Gasteiger partial charge in [-0.25, -0.2) is 4.79 Å². The van der Waals surface area contributed by atoms with Crippen molar-refractivity contribution in [2.45, 2.75) is 6.92 Å². The number of hydrogen-bond donors (Lipinski definition) is 2. The van der Waals surface area contributed by atoms with Crippen molar-refractivity contribution in [1.82, 2.24) is 0 Å². The van der Waals surface area contributed by atoms with Gasteiger partial charge in [-0.15, -0.1) is 0 Å². The van der Waals surface area contributed by atoms with Crippen molar-refractivity contribution in [3.63, 3.8) is 0 Å². The first-order valence-electron chi connectivity index (χ1n) is 7.54. The van der Waals surface area contributed by atoms with E-state index in [0.717, 1.165) is 5.39 Å². The normalized spacial score (nSPS) is 11.4. The molecule has 5 nitrogen and oxygen atoms in total. The van der Waals surface area contributed by atoms with E-state index < -0.39 is 6.09 Å². The first kappa shape index (κ1) is 16.8. The Bertz CT molecular complexity index is 953. The minimum absolute atomic E-state index is 0.0982. The molecule has 0 fully saturated rings. The molecule has 0 aliphatic rings. The van der Waals surface area contributed by atoms with E-state index in [1.807, 2.05) is 30.3 Å². The van der Waals surface area contributed by atoms with E-state index in [0.29, 0.717) is 27.4 Å². The first-order valence-corrected chi connectivity index (χ1v) is 7.91. The number of halogens is 1. The van der Waals surface area contributed by atoms with Crippen molar-refractivity contribution in [3.05, 3.63) is 71.2 Å². The Kier molecular flexibility index (Phi) is 4.86. The maximum atomic E-state index is 11.8. The number of rotatable bonds is 3. The molecular formula is C19H15ClN2O3. The Labute approximate surface area is 149 Å². The number of fused-ring (bicyclic) bond motifs is 1. The second-order valence-corrected chi connectivity index (χ2v) is 5.81. The largest absolute Gasteiger partial charge is 0.507 e. The minimum atomic E-state index is -0.734. The Morgan fingerprint density at radius 2 is 1.80 bits per heavy atom. The molecule has 126 valence electrons. The summed E-state index contributed by atoms with van der Waals surface area (Å²) in [6.07, 6.45) is -0.734. The number of oxime groups is 1. The summed E-state index contributed by atoms with van der Waals surface area (Å²) in [5.41, 5.74) is 1.42. The zero-order chi connectivity index (χ0) is 17.8. The van der Waals surface area contributed by atoms with Crippen molar-refractivity contribution in [3.8, 4) is 5.75 Å². The third kappa shape index (κ3) is 3.89. The lowest BCUT2D eigenvalue weighted by Crippen LogP contribution is -2.11. The maximum Gasteiger partial charge on any atom is 0.437 e. The van der Waals surface area contributed by atoms with Gasteiger partial charge in [-0.1, -0.05) is 47.1 Å². The number of amides is 1. The van der Waals surface area contributed by atoms with E-state index in [1.54, 1.807) is 37.3 Å². The second kappa shape index (κ2) is 7.23. The third-order valence-corrected chi connectivity index (χ3v) is 3.90. The number of aromatic hydroxyl groups is 1. The SMILES string of the molecule is C/C(=N\OC(=O)Nc1ccc(Cl)cc1)c1ccc2ccccc2c1O. The number of carbonyl (C=O) groups is 1. The van der Waals surface area contributed by atoms with Crippen LogP contribution in [0.25, 0.3) is 10.8 Å². The van der Waals surface area contributed by atoms with Gasteiger partial charge >= 0.3 is 6.09 Å². The van der Waals surface area contributed by atoms with E-state index in [9.17, 15) is 9.90 Å². The lowest BCUT2D eigenvalue weighted by atomic mass is 10.0. The highest BCUT2D eigenvalue weighted by Crippen LogP contribution is 2.29. The summed E-state index contributed by atoms with van der Waals surface area (Å²) in [5.74, 6) is 0.0982. The fourth-order valence-corrected chi connectivity index (χ4v) is 2.51. The minimum Gasteiger partial charge on any atom is -0.507 e. The molecule has 0 spiro atoms. The van der Waals surface area contributed by atoms with Crippen LogP contribution in [0.4, 0.5) is 10.5 Å². The average molecular weight is 355 g/mol. The topological polar surface area (TPSA) is 70.9 Å². The number of anilines is 1. The zero-order valence-electron chi connectivity index (χ0n) is 13.4. The van der Waals surface area contributed by atoms with Crippen molar-refractivity contribution in [1.29, 1.82) is 0 Å². The van der Waals surface area contributed by atoms with Gasteiger partial charge in [-0.2, -0.15) is 0 Å². The van der Waals surface area contributed by atoms with Gasteiger partial charge in [-0.05, 0) is 42.6 Å². The van der Waals surface area contributed by atoms with E-state index in [2.05, 4.69) is 10.5 Å². The number of phenolic OH excluding ortho intramolecular Hbond substituents is 1. The molecule has 0 saturated heterocycles. The van der Waals surface area contributed by atoms with Crippen LogP contribution in [0, 0.1) is 0 Å². The summed E-state index contributed by atoms with van der Waals surface area (Å²) in [5, 5.41) is 18.9. The molecule has 0 aliphatic heterocycles. The smallest absolute Gasteiger partial charge is 0.437 e. The Morgan fingerprint density at radius 1 is 1.08 bits per heavy atom. The average Bonchev–Trinajstić information content (AvgIpc) is 2.62. The molecule has 0 radical (unpaired) electrons. The van der Waals surface area contributed by atoms with Gasteiger partial charge in [0.05, 0.1) is 5.71 Å². The molecule has 0 bridgehead atoms. The fraction of sp³-hybridized carbons (Fsp3) is 0.0526. The molecular weight excluding hydrogens is 340 g/mol. The molecule has 0 heterocycles. The van der Waals surface area contributed by atoms with Crippen LogP contribution >= 0.6 is 11.6 Å². The van der Waals surface area contributed by atoms with E-state index in [1.165, 1.54) is 0 Å². The Morgan fingerprint density at radius 3 is 2.56 bits per heavy atom. The van der Waals surface area contributed by atoms with Crippen molar-refractivity contribution < 1.29 is 14.7 Å². The standard InChI is InChI=1S/C19H15ClN2O3/c1-12(16-11-6-13-4-2-3-5-17(13)18(16)23)22-25-19(24)21-15-9-7-14(20)8-10-15/h2-11,23H,1H3,(H,21,24)/b22-12+. The Balaban J connectivity index is 1.74. The van der Waals surface area contributed by atoms with Crippen LogP contribution in [-0.2, 0) is 4.84 Å². The van der Waals surface area contributed by atoms with E-state index in [-0.39, 0.29) is 5.75 Å². The lowest BCUT2D eigenvalue weighted by molar-refractivity contribution is 0.166. The monoisotopic (exact) mass is 354 g/mol. The fourth-order valence-electron chi connectivity index (χ4n) is 2.38. The number of carbonyl (C=O) groups excluding carboxylic acids is 1. The van der Waals surface area contributed by atoms with Gasteiger partial charge in [0.15, 0.2) is 0 Å². The molecule has 3 rings (SSSR count). The van der Waals surface area contributed by atoms with Crippen molar-refractivity contribution in [2.75, 3.05) is 5.32 Å². The first-order chi connectivity index (χ1) is 12.0. The predicted octanol–water partition coefficient (Wildman–Crippen LogP) is 5.17. The van der Waals surface area contributed by atoms with E-state index >= 15 is 0 Å². The highest BCUT2D eigenvalue weighted by Gasteiger charge is 2.10. The highest BCUT2D eigenvalue weighted by atomic mass is 35.5. The molecule has 3 aromatic rings. The molecule has 1 amide bonds. The van der Waals surface area contributed by atoms with Gasteiger partial charge in [-0.3, -0.25) is 10.2 Å². The molecule has 2 N–H and O–H groups in total. The lowest BCUT2D eigenvalue weighted by Gasteiger charge is -2.08. The number of hydrogen-bond acceptors (Lipinski definition) is 4. The highest BCUT2D eigenvalue weighted by molar-refractivity contribution is 6.30. The van der Waals surface area contributed by atoms with Gasteiger partial charge in [0.2, 0.25) is 0 Å². The molecule has 25 heavy (non-hydrogen) atoms. The van der Waals surface area contributed by atoms with Crippen LogP contribution in [-0.4, -0.2) is 16.9 Å². The molecule has 3 aromatic carbocycles. The summed E-state index contributed by atoms with van der Waals surface area (Å²) < 4.78 is 0. The second-order valence-electron chi connectivity index (χ2n) is 5.37. The quantitative estimate of drug-likeness (QED) is 0.387. The van der Waals surface area contributed by atoms with Crippen LogP contribution in [0.15, 0.2) is 65.8 Å². The molecule has 0 aliphatic carbocycles. The van der Waals surface area contributed by atoms with Gasteiger partial charge < -0.3 is 5.11 Å². The van der Waals surface area contributed by atoms with Crippen LogP contribution in [0.3, 0.4) is 0 Å². The predicted molar refractivity (Wildman–Crippen MR) is 99.4 cm³/mol. The van der Waals surface area contributed by atoms with Crippen LogP contribution in [0.1, 0.15) is 12.5 Å². The summed E-state index contributed by atoms with van der Waals surface area (Å²) in [7, 11) is 0. The number of benzene rings is 3. The summed E-state index contributed by atoms with van der Waals surface area (Å²) in [6.45, 7) is 1.65. The number of nitrogens with one attached hydrogen (secondary N) is 1. The van der Waals surface area contributed by atoms with Crippen LogP contribution in [0.5, 0.6) is 5.75 Å². The molecule has 0 unspecified atom stereocenters. The van der Waals surface area contributed by atoms with E-state index in [4.69, 9.17) is 16.4 Å².